The van der Waals surface area contributed by atoms with E-state index in [0.29, 0.717) is 36.8 Å². The average molecular weight is 437 g/mol. The number of esters is 1. The molecular formula is C23H19NO6S. The molecule has 0 bridgehead atoms. The quantitative estimate of drug-likeness (QED) is 0.451. The van der Waals surface area contributed by atoms with E-state index in [9.17, 15) is 14.4 Å². The summed E-state index contributed by atoms with van der Waals surface area (Å²) < 4.78 is 16.1. The molecule has 7 nitrogen and oxygen atoms in total. The summed E-state index contributed by atoms with van der Waals surface area (Å²) in [5.41, 5.74) is 0.634. The maximum Gasteiger partial charge on any atom is 0.339 e. The Bertz CT molecular complexity index is 1110. The SMILES string of the molecule is O=C(COC(=O)c1ccccc1C(=O)c1ccc2c(c1)OCCO2)NCc1cccs1. The Labute approximate surface area is 182 Å². The summed E-state index contributed by atoms with van der Waals surface area (Å²) in [6.07, 6.45) is 0. The third kappa shape index (κ3) is 4.92. The van der Waals surface area contributed by atoms with Crippen LogP contribution in [0.2, 0.25) is 0 Å². The van der Waals surface area contributed by atoms with Crippen LogP contribution >= 0.6 is 11.3 Å². The van der Waals surface area contributed by atoms with Gasteiger partial charge in [0.1, 0.15) is 13.2 Å². The molecule has 0 unspecified atom stereocenters. The minimum atomic E-state index is -0.743. The van der Waals surface area contributed by atoms with Gasteiger partial charge in [0.25, 0.3) is 5.91 Å². The molecule has 1 amide bonds. The lowest BCUT2D eigenvalue weighted by molar-refractivity contribution is -0.124. The van der Waals surface area contributed by atoms with Crippen molar-refractivity contribution in [1.29, 1.82) is 0 Å². The molecule has 1 aromatic heterocycles. The van der Waals surface area contributed by atoms with Crippen molar-refractivity contribution in [2.75, 3.05) is 19.8 Å². The van der Waals surface area contributed by atoms with Crippen LogP contribution in [0.25, 0.3) is 0 Å². The first-order valence-corrected chi connectivity index (χ1v) is 10.5. The van der Waals surface area contributed by atoms with Crippen LogP contribution in [0.3, 0.4) is 0 Å². The van der Waals surface area contributed by atoms with Crippen molar-refractivity contribution in [3.63, 3.8) is 0 Å². The lowest BCUT2D eigenvalue weighted by atomic mass is 9.98. The first-order chi connectivity index (χ1) is 15.1. The largest absolute Gasteiger partial charge is 0.486 e. The molecule has 0 saturated carbocycles. The Hall–Kier alpha value is -3.65. The summed E-state index contributed by atoms with van der Waals surface area (Å²) in [5, 5.41) is 4.60. The van der Waals surface area contributed by atoms with Crippen molar-refractivity contribution >= 4 is 29.0 Å². The van der Waals surface area contributed by atoms with Crippen molar-refractivity contribution in [2.24, 2.45) is 0 Å². The summed E-state index contributed by atoms with van der Waals surface area (Å²) in [6.45, 7) is 0.794. The van der Waals surface area contributed by atoms with Gasteiger partial charge in [0.05, 0.1) is 12.1 Å². The normalized spacial score (nSPS) is 12.1. The molecule has 158 valence electrons. The Kier molecular flexibility index (Phi) is 6.28. The molecule has 4 rings (SSSR count). The molecule has 3 aromatic rings. The molecule has 1 N–H and O–H groups in total. The van der Waals surface area contributed by atoms with Crippen molar-refractivity contribution in [3.05, 3.63) is 81.5 Å². The standard InChI is InChI=1S/C23H19NO6S/c25-21(24-13-16-4-3-11-31-16)14-30-23(27)18-6-2-1-5-17(18)22(26)15-7-8-19-20(12-15)29-10-9-28-19/h1-8,11-12H,9-10,13-14H2,(H,24,25). The van der Waals surface area contributed by atoms with E-state index < -0.39 is 18.5 Å². The molecule has 2 heterocycles. The van der Waals surface area contributed by atoms with Crippen LogP contribution in [-0.2, 0) is 16.1 Å². The third-order valence-electron chi connectivity index (χ3n) is 4.57. The molecule has 8 heteroatoms. The molecular weight excluding hydrogens is 418 g/mol. The zero-order valence-electron chi connectivity index (χ0n) is 16.5. The summed E-state index contributed by atoms with van der Waals surface area (Å²) in [4.78, 5) is 38.6. The number of hydrogen-bond donors (Lipinski definition) is 1. The number of benzene rings is 2. The number of thiophene rings is 1. The highest BCUT2D eigenvalue weighted by molar-refractivity contribution is 7.09. The molecule has 0 spiro atoms. The summed E-state index contributed by atoms with van der Waals surface area (Å²) in [5.74, 6) is -0.458. The highest BCUT2D eigenvalue weighted by atomic mass is 32.1. The van der Waals surface area contributed by atoms with E-state index >= 15 is 0 Å². The Morgan fingerprint density at radius 3 is 2.48 bits per heavy atom. The lowest BCUT2D eigenvalue weighted by Gasteiger charge is -2.18. The highest BCUT2D eigenvalue weighted by Crippen LogP contribution is 2.31. The average Bonchev–Trinajstić information content (AvgIpc) is 3.34. The fourth-order valence-corrected chi connectivity index (χ4v) is 3.70. The number of carbonyl (C=O) groups excluding carboxylic acids is 3. The van der Waals surface area contributed by atoms with Gasteiger partial charge in [0.2, 0.25) is 0 Å². The van der Waals surface area contributed by atoms with E-state index in [-0.39, 0.29) is 16.9 Å². The second kappa shape index (κ2) is 9.44. The second-order valence-corrected chi connectivity index (χ2v) is 7.70. The number of carbonyl (C=O) groups is 3. The number of ether oxygens (including phenoxy) is 3. The van der Waals surface area contributed by atoms with E-state index in [1.165, 1.54) is 17.4 Å². The van der Waals surface area contributed by atoms with Gasteiger partial charge in [-0.2, -0.15) is 0 Å². The van der Waals surface area contributed by atoms with Gasteiger partial charge in [-0.3, -0.25) is 9.59 Å². The molecule has 31 heavy (non-hydrogen) atoms. The van der Waals surface area contributed by atoms with Crippen LogP contribution in [0.4, 0.5) is 0 Å². The van der Waals surface area contributed by atoms with Crippen molar-refractivity contribution in [1.82, 2.24) is 5.32 Å². The molecule has 0 saturated heterocycles. The Morgan fingerprint density at radius 1 is 0.935 bits per heavy atom. The molecule has 0 atom stereocenters. The van der Waals surface area contributed by atoms with Gasteiger partial charge in [0.15, 0.2) is 23.9 Å². The maximum absolute atomic E-state index is 13.0. The van der Waals surface area contributed by atoms with Crippen LogP contribution in [0.1, 0.15) is 31.2 Å². The van der Waals surface area contributed by atoms with Crippen molar-refractivity contribution in [3.8, 4) is 11.5 Å². The molecule has 1 aliphatic heterocycles. The van der Waals surface area contributed by atoms with Gasteiger partial charge in [-0.05, 0) is 35.7 Å². The zero-order chi connectivity index (χ0) is 21.6. The van der Waals surface area contributed by atoms with Crippen LogP contribution in [0.15, 0.2) is 60.0 Å². The van der Waals surface area contributed by atoms with E-state index in [1.54, 1.807) is 36.4 Å². The second-order valence-electron chi connectivity index (χ2n) is 6.67. The topological polar surface area (TPSA) is 90.9 Å². The van der Waals surface area contributed by atoms with Crippen LogP contribution in [0.5, 0.6) is 11.5 Å². The Morgan fingerprint density at radius 2 is 1.71 bits per heavy atom. The van der Waals surface area contributed by atoms with E-state index in [1.807, 2.05) is 17.5 Å². The number of amides is 1. The van der Waals surface area contributed by atoms with Gasteiger partial charge in [-0.25, -0.2) is 4.79 Å². The fourth-order valence-electron chi connectivity index (χ4n) is 3.06. The summed E-state index contributed by atoms with van der Waals surface area (Å²) in [6, 6.07) is 15.0. The number of hydrogen-bond acceptors (Lipinski definition) is 7. The van der Waals surface area contributed by atoms with E-state index in [4.69, 9.17) is 14.2 Å². The predicted molar refractivity (Wildman–Crippen MR) is 114 cm³/mol. The smallest absolute Gasteiger partial charge is 0.339 e. The predicted octanol–water partition coefficient (Wildman–Crippen LogP) is 3.22. The number of nitrogens with one attached hydrogen (secondary N) is 1. The minimum absolute atomic E-state index is 0.0912. The number of ketones is 1. The molecule has 0 aliphatic carbocycles. The molecule has 2 aromatic carbocycles. The van der Waals surface area contributed by atoms with Crippen molar-refractivity contribution in [2.45, 2.75) is 6.54 Å². The summed E-state index contributed by atoms with van der Waals surface area (Å²) >= 11 is 1.52. The van der Waals surface area contributed by atoms with Gasteiger partial charge >= 0.3 is 5.97 Å². The van der Waals surface area contributed by atoms with E-state index in [2.05, 4.69) is 5.32 Å². The highest BCUT2D eigenvalue weighted by Gasteiger charge is 2.22. The van der Waals surface area contributed by atoms with Gasteiger partial charge in [-0.15, -0.1) is 11.3 Å². The monoisotopic (exact) mass is 437 g/mol. The molecule has 0 radical (unpaired) electrons. The zero-order valence-corrected chi connectivity index (χ0v) is 17.3. The molecule has 0 fully saturated rings. The number of fused-ring (bicyclic) bond motifs is 1. The van der Waals surface area contributed by atoms with Gasteiger partial charge in [0, 0.05) is 16.0 Å². The first-order valence-electron chi connectivity index (χ1n) is 9.61. The molecule has 1 aliphatic rings. The Balaban J connectivity index is 1.43. The van der Waals surface area contributed by atoms with Gasteiger partial charge in [-0.1, -0.05) is 24.3 Å². The third-order valence-corrected chi connectivity index (χ3v) is 5.45. The lowest BCUT2D eigenvalue weighted by Crippen LogP contribution is -2.28. The van der Waals surface area contributed by atoms with Gasteiger partial charge < -0.3 is 19.5 Å². The number of rotatable bonds is 7. The first kappa shape index (κ1) is 20.6. The fraction of sp³-hybridized carbons (Fsp3) is 0.174. The van der Waals surface area contributed by atoms with Crippen LogP contribution in [-0.4, -0.2) is 37.5 Å². The van der Waals surface area contributed by atoms with Crippen LogP contribution < -0.4 is 14.8 Å². The summed E-state index contributed by atoms with van der Waals surface area (Å²) in [7, 11) is 0. The van der Waals surface area contributed by atoms with E-state index in [0.717, 1.165) is 4.88 Å². The van der Waals surface area contributed by atoms with Crippen molar-refractivity contribution < 1.29 is 28.6 Å². The van der Waals surface area contributed by atoms with Crippen LogP contribution in [0, 0.1) is 0 Å². The maximum atomic E-state index is 13.0. The minimum Gasteiger partial charge on any atom is -0.486 e.